The van der Waals surface area contributed by atoms with E-state index >= 15 is 0 Å². The summed E-state index contributed by atoms with van der Waals surface area (Å²) in [7, 11) is 0. The molecule has 1 fully saturated rings. The summed E-state index contributed by atoms with van der Waals surface area (Å²) in [6, 6.07) is 2.20. The van der Waals surface area contributed by atoms with Gasteiger partial charge in [0.25, 0.3) is 5.56 Å². The molecule has 0 spiro atoms. The molecule has 2 rings (SSSR count). The number of rotatable bonds is 7. The molecule has 0 aromatic carbocycles. The average molecular weight is 415 g/mol. The van der Waals surface area contributed by atoms with Gasteiger partial charge in [-0.3, -0.25) is 9.59 Å². The number of aromatic nitrogens is 1. The molecule has 0 bridgehead atoms. The van der Waals surface area contributed by atoms with Crippen LogP contribution in [0.2, 0.25) is 0 Å². The van der Waals surface area contributed by atoms with Crippen molar-refractivity contribution in [2.45, 2.75) is 104 Å². The number of pyridine rings is 1. The highest BCUT2D eigenvalue weighted by atomic mass is 16.2. The Bertz CT molecular complexity index is 860. The van der Waals surface area contributed by atoms with Crippen LogP contribution in [-0.2, 0) is 11.2 Å². The van der Waals surface area contributed by atoms with Gasteiger partial charge in [0.1, 0.15) is 11.6 Å². The molecule has 2 N–H and O–H groups in total. The third kappa shape index (κ3) is 5.72. The maximum absolute atomic E-state index is 13.4. The fraction of sp³-hybridized carbons (Fsp3) is 0.708. The smallest absolute Gasteiger partial charge is 0.266 e. The van der Waals surface area contributed by atoms with E-state index in [0.29, 0.717) is 18.4 Å². The van der Waals surface area contributed by atoms with Gasteiger partial charge in [-0.25, -0.2) is 0 Å². The number of carbonyl (C=O) groups is 1. The van der Waals surface area contributed by atoms with Crippen LogP contribution < -0.4 is 10.9 Å². The van der Waals surface area contributed by atoms with E-state index in [4.69, 9.17) is 0 Å². The van der Waals surface area contributed by atoms with Crippen LogP contribution in [0.25, 0.3) is 0 Å². The molecular formula is C24H38N4O2. The summed E-state index contributed by atoms with van der Waals surface area (Å²) in [5, 5.41) is 13.0. The minimum Gasteiger partial charge on any atom is -0.340 e. The van der Waals surface area contributed by atoms with E-state index in [-0.39, 0.29) is 34.1 Å². The highest BCUT2D eigenvalue weighted by molar-refractivity contribution is 5.77. The number of H-pyrrole nitrogens is 1. The maximum atomic E-state index is 13.4. The number of aryl methyl sites for hydroxylation is 1. The van der Waals surface area contributed by atoms with Gasteiger partial charge < -0.3 is 15.2 Å². The van der Waals surface area contributed by atoms with Crippen LogP contribution in [0.1, 0.15) is 89.1 Å². The summed E-state index contributed by atoms with van der Waals surface area (Å²) in [5.74, 6) is 0.158. The summed E-state index contributed by atoms with van der Waals surface area (Å²) < 4.78 is 0. The van der Waals surface area contributed by atoms with Crippen molar-refractivity contribution >= 4 is 5.91 Å². The van der Waals surface area contributed by atoms with Crippen LogP contribution in [-0.4, -0.2) is 39.5 Å². The Kier molecular flexibility index (Phi) is 7.52. The predicted molar refractivity (Wildman–Crippen MR) is 121 cm³/mol. The second kappa shape index (κ2) is 9.34. The summed E-state index contributed by atoms with van der Waals surface area (Å²) in [6.45, 7) is 15.4. The summed E-state index contributed by atoms with van der Waals surface area (Å²) in [4.78, 5) is 30.2. The molecule has 2 heterocycles. The van der Waals surface area contributed by atoms with Crippen LogP contribution in [0.15, 0.2) is 4.79 Å². The largest absolute Gasteiger partial charge is 0.340 e. The molecule has 6 nitrogen and oxygen atoms in total. The van der Waals surface area contributed by atoms with E-state index < -0.39 is 0 Å². The van der Waals surface area contributed by atoms with Crippen molar-refractivity contribution in [3.63, 3.8) is 0 Å². The van der Waals surface area contributed by atoms with E-state index in [2.05, 4.69) is 49.8 Å². The Balaban J connectivity index is 2.23. The van der Waals surface area contributed by atoms with Crippen molar-refractivity contribution in [3.8, 4) is 6.07 Å². The zero-order valence-electron chi connectivity index (χ0n) is 19.7. The Morgan fingerprint density at radius 2 is 1.80 bits per heavy atom. The average Bonchev–Trinajstić information content (AvgIpc) is 2.59. The minimum atomic E-state index is -0.355. The number of nitriles is 1. The third-order valence-electron chi connectivity index (χ3n) is 6.19. The van der Waals surface area contributed by atoms with E-state index in [0.717, 1.165) is 43.5 Å². The zero-order valence-corrected chi connectivity index (χ0v) is 19.7. The van der Waals surface area contributed by atoms with Gasteiger partial charge in [-0.1, -0.05) is 13.3 Å². The highest BCUT2D eigenvalue weighted by Gasteiger charge is 2.40. The SMILES string of the molecule is CCCCN(C(=O)CCc1c(C)[nH]c(=O)c(C#N)c1C)C1CC(C)(C)NC(C)(C)C1. The van der Waals surface area contributed by atoms with Crippen LogP contribution in [0.5, 0.6) is 0 Å². The molecule has 166 valence electrons. The van der Waals surface area contributed by atoms with Crippen LogP contribution >= 0.6 is 0 Å². The first kappa shape index (κ1) is 24.1. The number of hydrogen-bond acceptors (Lipinski definition) is 4. The van der Waals surface area contributed by atoms with Gasteiger partial charge in [-0.2, -0.15) is 5.26 Å². The molecule has 0 atom stereocenters. The quantitative estimate of drug-likeness (QED) is 0.711. The summed E-state index contributed by atoms with van der Waals surface area (Å²) in [6.07, 6.45) is 4.81. The van der Waals surface area contributed by atoms with Crippen LogP contribution in [0.3, 0.4) is 0 Å². The normalized spacial score (nSPS) is 18.1. The fourth-order valence-electron chi connectivity index (χ4n) is 5.12. The number of carbonyl (C=O) groups excluding carboxylic acids is 1. The Morgan fingerprint density at radius 3 is 2.33 bits per heavy atom. The third-order valence-corrected chi connectivity index (χ3v) is 6.19. The monoisotopic (exact) mass is 414 g/mol. The number of piperidine rings is 1. The lowest BCUT2D eigenvalue weighted by molar-refractivity contribution is -0.135. The molecule has 30 heavy (non-hydrogen) atoms. The number of aromatic amines is 1. The molecule has 1 saturated heterocycles. The molecular weight excluding hydrogens is 376 g/mol. The van der Waals surface area contributed by atoms with E-state index in [1.165, 1.54) is 0 Å². The van der Waals surface area contributed by atoms with E-state index in [1.807, 2.05) is 13.0 Å². The van der Waals surface area contributed by atoms with E-state index in [1.54, 1.807) is 6.92 Å². The molecule has 1 aromatic heterocycles. The lowest BCUT2D eigenvalue weighted by atomic mass is 9.79. The van der Waals surface area contributed by atoms with Crippen LogP contribution in [0.4, 0.5) is 0 Å². The second-order valence-electron chi connectivity index (χ2n) is 10.1. The van der Waals surface area contributed by atoms with Gasteiger partial charge in [0.15, 0.2) is 0 Å². The number of unbranched alkanes of at least 4 members (excludes halogenated alkanes) is 1. The van der Waals surface area contributed by atoms with Gasteiger partial charge >= 0.3 is 0 Å². The maximum Gasteiger partial charge on any atom is 0.266 e. The molecule has 6 heteroatoms. The topological polar surface area (TPSA) is 89.0 Å². The molecule has 0 unspecified atom stereocenters. The fourth-order valence-corrected chi connectivity index (χ4v) is 5.12. The minimum absolute atomic E-state index is 0.0229. The first-order valence-corrected chi connectivity index (χ1v) is 11.1. The number of amides is 1. The molecule has 0 radical (unpaired) electrons. The predicted octanol–water partition coefficient (Wildman–Crippen LogP) is 3.73. The van der Waals surface area contributed by atoms with Crippen molar-refractivity contribution in [1.29, 1.82) is 5.26 Å². The van der Waals surface area contributed by atoms with Crippen molar-refractivity contribution in [3.05, 3.63) is 32.7 Å². The van der Waals surface area contributed by atoms with Gasteiger partial charge in [-0.05, 0) is 78.4 Å². The second-order valence-corrected chi connectivity index (χ2v) is 10.1. The first-order valence-electron chi connectivity index (χ1n) is 11.1. The Hall–Kier alpha value is -2.13. The van der Waals surface area contributed by atoms with Crippen molar-refractivity contribution in [1.82, 2.24) is 15.2 Å². The lowest BCUT2D eigenvalue weighted by Crippen LogP contribution is -2.62. The standard InChI is InChI=1S/C24H38N4O2/c1-8-9-12-28(18-13-23(4,5)27-24(6,7)14-18)21(29)11-10-19-16(2)20(15-25)22(30)26-17(19)3/h18,27H,8-14H2,1-7H3,(H,26,30). The summed E-state index contributed by atoms with van der Waals surface area (Å²) >= 11 is 0. The van der Waals surface area contributed by atoms with Crippen molar-refractivity contribution < 1.29 is 4.79 Å². The van der Waals surface area contributed by atoms with Gasteiger partial charge in [0, 0.05) is 35.8 Å². The number of hydrogen-bond donors (Lipinski definition) is 2. The van der Waals surface area contributed by atoms with Gasteiger partial charge in [0.2, 0.25) is 5.91 Å². The van der Waals surface area contributed by atoms with Crippen LogP contribution in [0, 0.1) is 25.2 Å². The molecule has 1 aliphatic rings. The van der Waals surface area contributed by atoms with Gasteiger partial charge in [0.05, 0.1) is 0 Å². The lowest BCUT2D eigenvalue weighted by Gasteiger charge is -2.49. The molecule has 1 aromatic rings. The molecule has 1 amide bonds. The van der Waals surface area contributed by atoms with E-state index in [9.17, 15) is 14.9 Å². The molecule has 0 saturated carbocycles. The van der Waals surface area contributed by atoms with Crippen molar-refractivity contribution in [2.75, 3.05) is 6.54 Å². The van der Waals surface area contributed by atoms with Gasteiger partial charge in [-0.15, -0.1) is 0 Å². The number of nitrogens with one attached hydrogen (secondary N) is 2. The zero-order chi connectivity index (χ0) is 22.7. The molecule has 1 aliphatic heterocycles. The Labute approximate surface area is 181 Å². The summed E-state index contributed by atoms with van der Waals surface area (Å²) in [5.41, 5.74) is 2.08. The Morgan fingerprint density at radius 1 is 1.20 bits per heavy atom. The number of nitrogens with zero attached hydrogens (tertiary/aromatic N) is 2. The molecule has 0 aliphatic carbocycles. The highest BCUT2D eigenvalue weighted by Crippen LogP contribution is 2.32. The van der Waals surface area contributed by atoms with Crippen molar-refractivity contribution in [2.24, 2.45) is 0 Å². The first-order chi connectivity index (χ1) is 13.9.